The second-order valence-corrected chi connectivity index (χ2v) is 19.6. The quantitative estimate of drug-likeness (QED) is 0.0425. The van der Waals surface area contributed by atoms with Gasteiger partial charge in [0.05, 0.1) is 39.0 Å². The molecule has 0 spiro atoms. The van der Waals surface area contributed by atoms with Crippen molar-refractivity contribution in [3.63, 3.8) is 0 Å². The number of unbranched alkanes of at least 4 members (excludes halogenated alkanes) is 1. The van der Waals surface area contributed by atoms with E-state index in [2.05, 4.69) is 21.4 Å². The standard InChI is InChI=1S/C47H58Cl4N6O8S/c1-7-10-23-65-43(62)29(13-11-21-46(5,8-2)44(63)52-27-38(59)60)14-12-22-47(6,9-3)45(64)55-31-15-18-33(19-16-31)66-40-41(54-32-17-20-37(34(49)26-32)53-28(4)58)56-57(42(40)61)39-35(50)24-30(48)25-36(39)51/h15-20,24-26,29,40H,7-14,21-23,27H2,1-6H3,(H,52,63)(H,53,58)(H,54,56)(H,55,64)(H,59,60). The van der Waals surface area contributed by atoms with Crippen LogP contribution in [0, 0.1) is 16.7 Å². The van der Waals surface area contributed by atoms with E-state index in [4.69, 9.17) is 61.2 Å². The van der Waals surface area contributed by atoms with Gasteiger partial charge in [-0.05, 0) is 99.5 Å². The zero-order valence-electron chi connectivity index (χ0n) is 38.0. The molecule has 66 heavy (non-hydrogen) atoms. The molecule has 1 fully saturated rings. The highest BCUT2D eigenvalue weighted by molar-refractivity contribution is 8.01. The van der Waals surface area contributed by atoms with Gasteiger partial charge < -0.3 is 25.8 Å². The number of carbonyl (C=O) groups is 6. The number of amides is 4. The smallest absolute Gasteiger partial charge is 0.322 e. The number of thioether (sulfide) groups is 1. The fourth-order valence-corrected chi connectivity index (χ4v) is 9.37. The molecule has 19 heteroatoms. The lowest BCUT2D eigenvalue weighted by Gasteiger charge is -2.29. The molecule has 3 aromatic carbocycles. The lowest BCUT2D eigenvalue weighted by Crippen LogP contribution is -2.41. The number of aliphatic carboxylic acids is 1. The average Bonchev–Trinajstić information content (AvgIpc) is 3.55. The number of ether oxygens (including phenoxy) is 1. The van der Waals surface area contributed by atoms with E-state index < -0.39 is 40.4 Å². The maximum atomic E-state index is 14.1. The molecule has 358 valence electrons. The molecule has 4 unspecified atom stereocenters. The molecule has 4 atom stereocenters. The zero-order valence-corrected chi connectivity index (χ0v) is 41.8. The predicted octanol–water partition coefficient (Wildman–Crippen LogP) is 11.3. The summed E-state index contributed by atoms with van der Waals surface area (Å²) in [6.45, 7) is 10.8. The average molecular weight is 1010 g/mol. The molecule has 1 aliphatic heterocycles. The first kappa shape index (κ1) is 54.1. The Bertz CT molecular complexity index is 2260. The minimum atomic E-state index is -1.12. The van der Waals surface area contributed by atoms with Crippen LogP contribution in [-0.4, -0.2) is 64.9 Å². The van der Waals surface area contributed by atoms with Crippen LogP contribution in [-0.2, 0) is 33.5 Å². The Morgan fingerprint density at radius 3 is 2.00 bits per heavy atom. The number of rotatable bonds is 24. The van der Waals surface area contributed by atoms with Crippen LogP contribution in [0.25, 0.3) is 0 Å². The van der Waals surface area contributed by atoms with E-state index in [-0.39, 0.29) is 50.3 Å². The van der Waals surface area contributed by atoms with E-state index in [9.17, 15) is 28.8 Å². The van der Waals surface area contributed by atoms with E-state index >= 15 is 0 Å². The molecule has 0 bridgehead atoms. The molecule has 0 aromatic heterocycles. The van der Waals surface area contributed by atoms with Gasteiger partial charge in [-0.3, -0.25) is 34.2 Å². The summed E-state index contributed by atoms with van der Waals surface area (Å²) in [7, 11) is 0. The lowest BCUT2D eigenvalue weighted by molar-refractivity contribution is -0.149. The molecule has 4 amide bonds. The summed E-state index contributed by atoms with van der Waals surface area (Å²) in [6.07, 6.45) is 5.77. The van der Waals surface area contributed by atoms with Gasteiger partial charge in [0.2, 0.25) is 17.7 Å². The third-order valence-electron chi connectivity index (χ3n) is 11.7. The maximum Gasteiger partial charge on any atom is 0.322 e. The number of esters is 1. The first-order valence-corrected chi connectivity index (χ1v) is 24.3. The van der Waals surface area contributed by atoms with Crippen molar-refractivity contribution in [2.75, 3.05) is 28.8 Å². The van der Waals surface area contributed by atoms with Crippen LogP contribution >= 0.6 is 58.2 Å². The highest BCUT2D eigenvalue weighted by Gasteiger charge is 2.41. The number of carboxylic acids is 1. The number of nitrogens with one attached hydrogen (secondary N) is 4. The Labute approximate surface area is 410 Å². The number of hydrogen-bond donors (Lipinski definition) is 5. The minimum Gasteiger partial charge on any atom is -0.480 e. The molecule has 1 aliphatic rings. The summed E-state index contributed by atoms with van der Waals surface area (Å²) in [5.41, 5.74) is 3.05. The summed E-state index contributed by atoms with van der Waals surface area (Å²) in [6, 6.07) is 14.8. The van der Waals surface area contributed by atoms with Gasteiger partial charge in [0.25, 0.3) is 5.91 Å². The second kappa shape index (κ2) is 25.0. The Morgan fingerprint density at radius 2 is 1.45 bits per heavy atom. The van der Waals surface area contributed by atoms with Crippen molar-refractivity contribution >= 4 is 122 Å². The number of hydrogen-bond acceptors (Lipinski definition) is 9. The zero-order chi connectivity index (χ0) is 48.8. The normalized spacial score (nSPS) is 16.5. The maximum absolute atomic E-state index is 14.1. The van der Waals surface area contributed by atoms with Crippen LogP contribution in [0.2, 0.25) is 20.1 Å². The van der Waals surface area contributed by atoms with Crippen LogP contribution in [0.15, 0.2) is 64.5 Å². The van der Waals surface area contributed by atoms with Crippen LogP contribution in [0.4, 0.5) is 22.7 Å². The first-order valence-electron chi connectivity index (χ1n) is 21.9. The molecular weight excluding hydrogens is 950 g/mol. The van der Waals surface area contributed by atoms with Crippen LogP contribution in [0.3, 0.4) is 0 Å². The molecule has 0 radical (unpaired) electrons. The van der Waals surface area contributed by atoms with Crippen molar-refractivity contribution in [1.82, 2.24) is 10.7 Å². The molecule has 1 heterocycles. The van der Waals surface area contributed by atoms with Crippen molar-refractivity contribution in [2.24, 2.45) is 21.7 Å². The fourth-order valence-electron chi connectivity index (χ4n) is 7.17. The van der Waals surface area contributed by atoms with Crippen molar-refractivity contribution < 1.29 is 38.6 Å². The fraction of sp³-hybridized carbons (Fsp3) is 0.468. The molecule has 4 rings (SSSR count). The molecular formula is C47H58Cl4N6O8S. The highest BCUT2D eigenvalue weighted by atomic mass is 35.5. The predicted molar refractivity (Wildman–Crippen MR) is 264 cm³/mol. The van der Waals surface area contributed by atoms with Gasteiger partial charge in [-0.1, -0.05) is 100 Å². The van der Waals surface area contributed by atoms with E-state index in [1.165, 1.54) is 35.8 Å². The number of carbonyl (C=O) groups excluding carboxylic acids is 5. The number of amidine groups is 1. The van der Waals surface area contributed by atoms with Crippen LogP contribution in [0.5, 0.6) is 0 Å². The minimum absolute atomic E-state index is 0.138. The van der Waals surface area contributed by atoms with E-state index in [1.807, 2.05) is 27.7 Å². The second-order valence-electron chi connectivity index (χ2n) is 16.7. The van der Waals surface area contributed by atoms with Gasteiger partial charge in [-0.2, -0.15) is 0 Å². The Hall–Kier alpha value is -4.54. The van der Waals surface area contributed by atoms with Crippen LogP contribution < -0.4 is 26.4 Å². The number of carboxylic acid groups (broad SMARTS) is 1. The highest BCUT2D eigenvalue weighted by Crippen LogP contribution is 2.41. The first-order chi connectivity index (χ1) is 31.2. The summed E-state index contributed by atoms with van der Waals surface area (Å²) in [4.78, 5) is 82.2. The third kappa shape index (κ3) is 15.0. The topological polar surface area (TPSA) is 196 Å². The van der Waals surface area contributed by atoms with Gasteiger partial charge >= 0.3 is 11.9 Å². The third-order valence-corrected chi connectivity index (χ3v) is 14.0. The molecule has 5 N–H and O–H groups in total. The summed E-state index contributed by atoms with van der Waals surface area (Å²) < 4.78 is 5.62. The van der Waals surface area contributed by atoms with Gasteiger partial charge in [-0.15, -0.1) is 11.8 Å². The number of benzene rings is 3. The van der Waals surface area contributed by atoms with Gasteiger partial charge in [0, 0.05) is 33.4 Å². The molecule has 14 nitrogen and oxygen atoms in total. The molecule has 0 aliphatic carbocycles. The van der Waals surface area contributed by atoms with E-state index in [0.29, 0.717) is 85.0 Å². The Balaban J connectivity index is 1.46. The lowest BCUT2D eigenvalue weighted by atomic mass is 9.78. The summed E-state index contributed by atoms with van der Waals surface area (Å²) in [5.74, 6) is -2.80. The molecule has 3 aromatic rings. The van der Waals surface area contributed by atoms with Gasteiger partial charge in [0.1, 0.15) is 23.3 Å². The number of aliphatic imine (C=N–C) groups is 1. The number of hydrazine groups is 1. The number of nitrogens with zero attached hydrogens (tertiary/aromatic N) is 2. The summed E-state index contributed by atoms with van der Waals surface area (Å²) in [5, 5.41) is 18.3. The number of anilines is 3. The van der Waals surface area contributed by atoms with Crippen molar-refractivity contribution in [2.45, 2.75) is 116 Å². The molecule has 1 saturated heterocycles. The largest absolute Gasteiger partial charge is 0.480 e. The van der Waals surface area contributed by atoms with Gasteiger partial charge in [-0.25, -0.2) is 10.0 Å². The number of halogens is 4. The summed E-state index contributed by atoms with van der Waals surface area (Å²) >= 11 is 26.9. The van der Waals surface area contributed by atoms with Crippen molar-refractivity contribution in [3.05, 3.63) is 74.7 Å². The Morgan fingerprint density at radius 1 is 0.848 bits per heavy atom. The Kier molecular flexibility index (Phi) is 20.5. The monoisotopic (exact) mass is 1010 g/mol. The van der Waals surface area contributed by atoms with E-state index in [1.54, 1.807) is 49.4 Å². The molecule has 0 saturated carbocycles. The van der Waals surface area contributed by atoms with E-state index in [0.717, 1.165) is 12.8 Å². The van der Waals surface area contributed by atoms with Crippen LogP contribution in [0.1, 0.15) is 106 Å². The van der Waals surface area contributed by atoms with Gasteiger partial charge in [0.15, 0.2) is 0 Å². The SMILES string of the molecule is CCCCOC(=O)C(CCCC(C)(CC)C(=O)NCC(=O)O)CCCC(C)(CC)C(=O)Nc1ccc(SC2C(=O)N(c3c(Cl)cc(Cl)cc3Cl)NC2=Nc2ccc(NC(C)=O)c(Cl)c2)cc1. The van der Waals surface area contributed by atoms with Crippen molar-refractivity contribution in [3.8, 4) is 0 Å². The van der Waals surface area contributed by atoms with Crippen molar-refractivity contribution in [1.29, 1.82) is 0 Å².